The second-order valence-electron chi connectivity index (χ2n) is 4.63. The molecule has 0 unspecified atom stereocenters. The highest BCUT2D eigenvalue weighted by Crippen LogP contribution is 2.57. The Morgan fingerprint density at radius 2 is 2.08 bits per heavy atom. The molecule has 0 aromatic carbocycles. The van der Waals surface area contributed by atoms with Crippen LogP contribution in [0, 0.1) is 12.3 Å². The highest BCUT2D eigenvalue weighted by atomic mass is 15.3. The van der Waals surface area contributed by atoms with E-state index in [0.717, 1.165) is 0 Å². The Balaban J connectivity index is 2.34. The molecule has 72 valence electrons. The number of rotatable bonds is 1. The number of aromatic nitrogens is 2. The Morgan fingerprint density at radius 3 is 2.38 bits per heavy atom. The highest BCUT2D eigenvalue weighted by molar-refractivity contribution is 5.35. The van der Waals surface area contributed by atoms with Crippen LogP contribution in [0.15, 0.2) is 6.20 Å². The van der Waals surface area contributed by atoms with Gasteiger partial charge in [0.25, 0.3) is 0 Å². The molecular formula is C10H17N3. The van der Waals surface area contributed by atoms with Gasteiger partial charge in [0.15, 0.2) is 0 Å². The zero-order valence-electron chi connectivity index (χ0n) is 8.70. The van der Waals surface area contributed by atoms with Gasteiger partial charge in [0, 0.05) is 24.7 Å². The molecule has 1 aromatic rings. The normalized spacial score (nSPS) is 30.5. The van der Waals surface area contributed by atoms with Gasteiger partial charge in [-0.25, -0.2) is 0 Å². The summed E-state index contributed by atoms with van der Waals surface area (Å²) in [5.41, 5.74) is 8.84. The molecular weight excluding hydrogens is 162 g/mol. The van der Waals surface area contributed by atoms with Crippen molar-refractivity contribution >= 4 is 0 Å². The van der Waals surface area contributed by atoms with Crippen molar-refractivity contribution in [1.29, 1.82) is 0 Å². The fourth-order valence-electron chi connectivity index (χ4n) is 2.09. The Morgan fingerprint density at radius 1 is 1.54 bits per heavy atom. The lowest BCUT2D eigenvalue weighted by Crippen LogP contribution is -2.06. The minimum absolute atomic E-state index is 0.258. The number of nitrogens with zero attached hydrogens (tertiary/aromatic N) is 2. The van der Waals surface area contributed by atoms with Crippen molar-refractivity contribution in [1.82, 2.24) is 9.78 Å². The van der Waals surface area contributed by atoms with Crippen molar-refractivity contribution < 1.29 is 0 Å². The first-order valence-corrected chi connectivity index (χ1v) is 4.70. The molecule has 3 heteroatoms. The van der Waals surface area contributed by atoms with Crippen LogP contribution < -0.4 is 5.73 Å². The molecule has 0 radical (unpaired) electrons. The van der Waals surface area contributed by atoms with Gasteiger partial charge in [-0.15, -0.1) is 0 Å². The van der Waals surface area contributed by atoms with E-state index in [4.69, 9.17) is 5.73 Å². The summed E-state index contributed by atoms with van der Waals surface area (Å²) in [6.45, 7) is 6.53. The Hall–Kier alpha value is -0.830. The number of nitrogens with two attached hydrogens (primary N) is 1. The van der Waals surface area contributed by atoms with E-state index in [2.05, 4.69) is 25.9 Å². The van der Waals surface area contributed by atoms with Gasteiger partial charge in [-0.3, -0.25) is 4.68 Å². The van der Waals surface area contributed by atoms with Gasteiger partial charge in [-0.1, -0.05) is 13.8 Å². The molecule has 2 N–H and O–H groups in total. The summed E-state index contributed by atoms with van der Waals surface area (Å²) >= 11 is 0. The maximum Gasteiger partial charge on any atom is 0.0528 e. The summed E-state index contributed by atoms with van der Waals surface area (Å²) in [6, 6.07) is 0.301. The van der Waals surface area contributed by atoms with Gasteiger partial charge in [-0.2, -0.15) is 5.10 Å². The van der Waals surface area contributed by atoms with E-state index in [0.29, 0.717) is 12.0 Å². The second kappa shape index (κ2) is 2.35. The van der Waals surface area contributed by atoms with Crippen LogP contribution in [0.3, 0.4) is 0 Å². The van der Waals surface area contributed by atoms with Crippen molar-refractivity contribution in [2.24, 2.45) is 18.2 Å². The van der Waals surface area contributed by atoms with Crippen LogP contribution >= 0.6 is 0 Å². The second-order valence-corrected chi connectivity index (χ2v) is 4.63. The van der Waals surface area contributed by atoms with E-state index in [1.165, 1.54) is 11.3 Å². The quantitative estimate of drug-likeness (QED) is 0.703. The third kappa shape index (κ3) is 1.03. The van der Waals surface area contributed by atoms with Gasteiger partial charge >= 0.3 is 0 Å². The summed E-state index contributed by atoms with van der Waals surface area (Å²) < 4.78 is 1.91. The lowest BCUT2D eigenvalue weighted by Gasteiger charge is -2.01. The molecule has 0 bridgehead atoms. The minimum Gasteiger partial charge on any atom is -0.327 e. The fourth-order valence-corrected chi connectivity index (χ4v) is 2.09. The predicted molar refractivity (Wildman–Crippen MR) is 52.4 cm³/mol. The molecule has 1 heterocycles. The first kappa shape index (κ1) is 8.75. The summed E-state index contributed by atoms with van der Waals surface area (Å²) in [5, 5.41) is 4.24. The van der Waals surface area contributed by atoms with Crippen molar-refractivity contribution in [3.8, 4) is 0 Å². The summed E-state index contributed by atoms with van der Waals surface area (Å²) in [5.74, 6) is 0.501. The molecule has 0 amide bonds. The van der Waals surface area contributed by atoms with Crippen LogP contribution in [0.5, 0.6) is 0 Å². The standard InChI is InChI=1S/C10H17N3/c1-6-7(5-12-13(6)4)8-9(11)10(8,2)3/h5,8-9H,11H2,1-4H3/t8-,9-/m1/s1. The molecule has 2 atom stereocenters. The SMILES string of the molecule is Cc1c([C@@H]2[C@@H](N)C2(C)C)cnn1C. The summed E-state index contributed by atoms with van der Waals surface area (Å²) in [6.07, 6.45) is 1.95. The summed E-state index contributed by atoms with van der Waals surface area (Å²) in [7, 11) is 1.97. The molecule has 1 fully saturated rings. The maximum absolute atomic E-state index is 6.02. The smallest absolute Gasteiger partial charge is 0.0528 e. The van der Waals surface area contributed by atoms with E-state index in [1.54, 1.807) is 0 Å². The van der Waals surface area contributed by atoms with E-state index >= 15 is 0 Å². The van der Waals surface area contributed by atoms with E-state index in [9.17, 15) is 0 Å². The molecule has 1 aromatic heterocycles. The van der Waals surface area contributed by atoms with Crippen molar-refractivity contribution in [2.75, 3.05) is 0 Å². The molecule has 0 aliphatic heterocycles. The van der Waals surface area contributed by atoms with Crippen molar-refractivity contribution in [3.63, 3.8) is 0 Å². The Bertz CT molecular complexity index is 338. The molecule has 1 aliphatic carbocycles. The molecule has 13 heavy (non-hydrogen) atoms. The van der Waals surface area contributed by atoms with Crippen LogP contribution in [-0.4, -0.2) is 15.8 Å². The average Bonchev–Trinajstić information content (AvgIpc) is 2.39. The highest BCUT2D eigenvalue weighted by Gasteiger charge is 2.57. The van der Waals surface area contributed by atoms with E-state index in [-0.39, 0.29) is 5.41 Å². The van der Waals surface area contributed by atoms with Gasteiger partial charge in [0.2, 0.25) is 0 Å². The first-order chi connectivity index (χ1) is 5.96. The zero-order valence-corrected chi connectivity index (χ0v) is 8.70. The fraction of sp³-hybridized carbons (Fsp3) is 0.700. The summed E-state index contributed by atoms with van der Waals surface area (Å²) in [4.78, 5) is 0. The molecule has 1 aliphatic rings. The molecule has 3 nitrogen and oxygen atoms in total. The van der Waals surface area contributed by atoms with E-state index in [1.807, 2.05) is 17.9 Å². The third-order valence-corrected chi connectivity index (χ3v) is 3.52. The number of aryl methyl sites for hydroxylation is 1. The predicted octanol–water partition coefficient (Wildman–Crippen LogP) is 1.18. The van der Waals surface area contributed by atoms with Crippen LogP contribution in [-0.2, 0) is 7.05 Å². The van der Waals surface area contributed by atoms with Gasteiger partial charge in [0.1, 0.15) is 0 Å². The van der Waals surface area contributed by atoms with Gasteiger partial charge < -0.3 is 5.73 Å². The topological polar surface area (TPSA) is 43.8 Å². The molecule has 2 rings (SSSR count). The van der Waals surface area contributed by atoms with Gasteiger partial charge in [-0.05, 0) is 17.9 Å². The lowest BCUT2D eigenvalue weighted by molar-refractivity contribution is 0.598. The molecule has 0 saturated heterocycles. The largest absolute Gasteiger partial charge is 0.327 e. The first-order valence-electron chi connectivity index (χ1n) is 4.70. The van der Waals surface area contributed by atoms with Crippen LogP contribution in [0.2, 0.25) is 0 Å². The van der Waals surface area contributed by atoms with Crippen LogP contribution in [0.25, 0.3) is 0 Å². The van der Waals surface area contributed by atoms with Crippen LogP contribution in [0.4, 0.5) is 0 Å². The van der Waals surface area contributed by atoms with Gasteiger partial charge in [0.05, 0.1) is 6.20 Å². The van der Waals surface area contributed by atoms with Crippen molar-refractivity contribution in [2.45, 2.75) is 32.7 Å². The molecule has 0 spiro atoms. The number of hydrogen-bond acceptors (Lipinski definition) is 2. The monoisotopic (exact) mass is 179 g/mol. The average molecular weight is 179 g/mol. The third-order valence-electron chi connectivity index (χ3n) is 3.52. The zero-order chi connectivity index (χ0) is 9.80. The lowest BCUT2D eigenvalue weighted by atomic mass is 10.0. The van der Waals surface area contributed by atoms with Crippen molar-refractivity contribution in [3.05, 3.63) is 17.5 Å². The Labute approximate surface area is 78.9 Å². The maximum atomic E-state index is 6.02. The minimum atomic E-state index is 0.258. The Kier molecular flexibility index (Phi) is 1.58. The molecule has 1 saturated carbocycles. The van der Waals surface area contributed by atoms with E-state index < -0.39 is 0 Å². The van der Waals surface area contributed by atoms with Crippen LogP contribution in [0.1, 0.15) is 31.0 Å². The number of hydrogen-bond donors (Lipinski definition) is 1.